The van der Waals surface area contributed by atoms with E-state index < -0.39 is 0 Å². The van der Waals surface area contributed by atoms with Crippen molar-refractivity contribution in [2.45, 2.75) is 86.0 Å². The van der Waals surface area contributed by atoms with E-state index in [1.807, 2.05) is 0 Å². The maximum absolute atomic E-state index is 2.51. The van der Waals surface area contributed by atoms with Gasteiger partial charge in [-0.2, -0.15) is 0 Å². The van der Waals surface area contributed by atoms with Crippen LogP contribution in [0.2, 0.25) is 0 Å². The Balaban J connectivity index is 2.21. The molecule has 150 valence electrons. The molecule has 28 heavy (non-hydrogen) atoms. The summed E-state index contributed by atoms with van der Waals surface area (Å²) in [6.07, 6.45) is 7.20. The molecule has 0 unspecified atom stereocenters. The smallest absolute Gasteiger partial charge is 0.00575 e. The summed E-state index contributed by atoms with van der Waals surface area (Å²) in [4.78, 5) is 0. The molecule has 3 rings (SSSR count). The summed E-state index contributed by atoms with van der Waals surface area (Å²) < 4.78 is 0. The minimum absolute atomic E-state index is 0.552. The van der Waals surface area contributed by atoms with Gasteiger partial charge in [-0.1, -0.05) is 96.9 Å². The van der Waals surface area contributed by atoms with Crippen LogP contribution >= 0.6 is 0 Å². The summed E-state index contributed by atoms with van der Waals surface area (Å²) in [5.41, 5.74) is 12.0. The van der Waals surface area contributed by atoms with Crippen molar-refractivity contribution < 1.29 is 0 Å². The monoisotopic (exact) mass is 374 g/mol. The zero-order valence-corrected chi connectivity index (χ0v) is 19.0. The minimum Gasteiger partial charge on any atom is -0.0651 e. The molecule has 2 aromatic rings. The summed E-state index contributed by atoms with van der Waals surface area (Å²) in [6.45, 7) is 16.2. The van der Waals surface area contributed by atoms with E-state index in [0.717, 1.165) is 18.8 Å². The Morgan fingerprint density at radius 2 is 1.50 bits per heavy atom. The van der Waals surface area contributed by atoms with Gasteiger partial charge in [-0.3, -0.25) is 0 Å². The third-order valence-electron chi connectivity index (χ3n) is 5.98. The molecule has 1 aliphatic carbocycles. The second-order valence-electron chi connectivity index (χ2n) is 9.70. The molecule has 0 spiro atoms. The zero-order chi connectivity index (χ0) is 20.4. The van der Waals surface area contributed by atoms with Gasteiger partial charge in [0.15, 0.2) is 0 Å². The van der Waals surface area contributed by atoms with Crippen molar-refractivity contribution in [3.8, 4) is 11.1 Å². The first-order chi connectivity index (χ1) is 13.3. The SMILES string of the molecule is CCCc1ccc2c(c1-c1cc(C(C)C)cc(C(C)C)c1)C=C(CC(C)C)C2. The molecule has 0 amide bonds. The van der Waals surface area contributed by atoms with Gasteiger partial charge in [0.05, 0.1) is 0 Å². The summed E-state index contributed by atoms with van der Waals surface area (Å²) in [5, 5.41) is 0. The standard InChI is InChI=1S/C28H38/c1-8-9-22-10-11-23-13-21(12-18(2)3)14-27(23)28(22)26-16-24(19(4)5)15-25(17-26)20(6)7/h10-11,14-20H,8-9,12-13H2,1-7H3. The quantitative estimate of drug-likeness (QED) is 0.455. The van der Waals surface area contributed by atoms with E-state index in [9.17, 15) is 0 Å². The van der Waals surface area contributed by atoms with Crippen LogP contribution in [0.25, 0.3) is 17.2 Å². The van der Waals surface area contributed by atoms with Crippen molar-refractivity contribution in [1.29, 1.82) is 0 Å². The minimum atomic E-state index is 0.552. The first-order valence-electron chi connectivity index (χ1n) is 11.3. The van der Waals surface area contributed by atoms with E-state index in [0.29, 0.717) is 11.8 Å². The van der Waals surface area contributed by atoms with Crippen LogP contribution in [-0.2, 0) is 12.8 Å². The van der Waals surface area contributed by atoms with E-state index >= 15 is 0 Å². The fourth-order valence-corrected chi connectivity index (χ4v) is 4.49. The Kier molecular flexibility index (Phi) is 6.48. The van der Waals surface area contributed by atoms with E-state index in [-0.39, 0.29) is 0 Å². The van der Waals surface area contributed by atoms with Crippen LogP contribution in [0, 0.1) is 5.92 Å². The predicted octanol–water partition coefficient (Wildman–Crippen LogP) is 8.54. The molecule has 0 aliphatic heterocycles. The highest BCUT2D eigenvalue weighted by Crippen LogP contribution is 2.40. The lowest BCUT2D eigenvalue weighted by Crippen LogP contribution is -1.99. The molecule has 0 bridgehead atoms. The van der Waals surface area contributed by atoms with Gasteiger partial charge in [0.1, 0.15) is 0 Å². The molecular weight excluding hydrogens is 336 g/mol. The molecule has 0 aromatic heterocycles. The third kappa shape index (κ3) is 4.43. The average Bonchev–Trinajstić information content (AvgIpc) is 3.02. The molecule has 0 saturated heterocycles. The molecule has 0 atom stereocenters. The molecule has 1 aliphatic rings. The second-order valence-corrected chi connectivity index (χ2v) is 9.70. The number of fused-ring (bicyclic) bond motifs is 1. The van der Waals surface area contributed by atoms with Crippen molar-refractivity contribution in [3.63, 3.8) is 0 Å². The molecule has 0 saturated carbocycles. The molecule has 0 N–H and O–H groups in total. The molecule has 0 heterocycles. The van der Waals surface area contributed by atoms with Gasteiger partial charge in [-0.05, 0) is 76.0 Å². The number of allylic oxidation sites excluding steroid dienone is 1. The highest BCUT2D eigenvalue weighted by molar-refractivity contribution is 5.83. The summed E-state index contributed by atoms with van der Waals surface area (Å²) in [5.74, 6) is 1.82. The van der Waals surface area contributed by atoms with Crippen LogP contribution in [0.1, 0.15) is 101 Å². The molecular formula is C28H38. The average molecular weight is 375 g/mol. The van der Waals surface area contributed by atoms with Gasteiger partial charge in [-0.25, -0.2) is 0 Å². The van der Waals surface area contributed by atoms with Crippen molar-refractivity contribution in [2.75, 3.05) is 0 Å². The largest absolute Gasteiger partial charge is 0.0651 e. The lowest BCUT2D eigenvalue weighted by atomic mass is 9.86. The highest BCUT2D eigenvalue weighted by Gasteiger charge is 2.21. The van der Waals surface area contributed by atoms with Crippen molar-refractivity contribution in [3.05, 3.63) is 63.7 Å². The van der Waals surface area contributed by atoms with Gasteiger partial charge in [0.25, 0.3) is 0 Å². The number of rotatable bonds is 7. The second kappa shape index (κ2) is 8.68. The Labute approximate surface area is 173 Å². The molecule has 0 heteroatoms. The van der Waals surface area contributed by atoms with Crippen molar-refractivity contribution >= 4 is 6.08 Å². The summed E-state index contributed by atoms with van der Waals surface area (Å²) >= 11 is 0. The van der Waals surface area contributed by atoms with Crippen LogP contribution in [0.3, 0.4) is 0 Å². The fraction of sp³-hybridized carbons (Fsp3) is 0.500. The summed E-state index contributed by atoms with van der Waals surface area (Å²) in [6, 6.07) is 12.1. The lowest BCUT2D eigenvalue weighted by Gasteiger charge is -2.19. The Morgan fingerprint density at radius 3 is 2.04 bits per heavy atom. The van der Waals surface area contributed by atoms with Crippen LogP contribution in [-0.4, -0.2) is 0 Å². The number of benzene rings is 2. The Morgan fingerprint density at radius 1 is 0.857 bits per heavy atom. The van der Waals surface area contributed by atoms with Crippen LogP contribution < -0.4 is 0 Å². The van der Waals surface area contributed by atoms with Crippen LogP contribution in [0.15, 0.2) is 35.9 Å². The highest BCUT2D eigenvalue weighted by atomic mass is 14.3. The number of hydrogen-bond acceptors (Lipinski definition) is 0. The van der Waals surface area contributed by atoms with Gasteiger partial charge >= 0.3 is 0 Å². The van der Waals surface area contributed by atoms with Gasteiger partial charge < -0.3 is 0 Å². The topological polar surface area (TPSA) is 0 Å². The van der Waals surface area contributed by atoms with Crippen LogP contribution in [0.4, 0.5) is 0 Å². The van der Waals surface area contributed by atoms with Crippen LogP contribution in [0.5, 0.6) is 0 Å². The Bertz CT molecular complexity index is 836. The van der Waals surface area contributed by atoms with Gasteiger partial charge in [0, 0.05) is 0 Å². The van der Waals surface area contributed by atoms with Crippen molar-refractivity contribution in [1.82, 2.24) is 0 Å². The van der Waals surface area contributed by atoms with E-state index in [2.05, 4.69) is 84.9 Å². The number of aryl methyl sites for hydroxylation is 1. The third-order valence-corrected chi connectivity index (χ3v) is 5.98. The summed E-state index contributed by atoms with van der Waals surface area (Å²) in [7, 11) is 0. The molecule has 0 nitrogen and oxygen atoms in total. The maximum atomic E-state index is 2.51. The maximum Gasteiger partial charge on any atom is -0.00575 e. The van der Waals surface area contributed by atoms with E-state index in [1.165, 1.54) is 51.8 Å². The fourth-order valence-electron chi connectivity index (χ4n) is 4.49. The first kappa shape index (κ1) is 20.9. The molecule has 0 radical (unpaired) electrons. The lowest BCUT2D eigenvalue weighted by molar-refractivity contribution is 0.638. The van der Waals surface area contributed by atoms with Gasteiger partial charge in [0.2, 0.25) is 0 Å². The number of hydrogen-bond donors (Lipinski definition) is 0. The van der Waals surface area contributed by atoms with Gasteiger partial charge in [-0.15, -0.1) is 0 Å². The predicted molar refractivity (Wildman–Crippen MR) is 125 cm³/mol. The molecule has 0 fully saturated rings. The first-order valence-corrected chi connectivity index (χ1v) is 11.3. The zero-order valence-electron chi connectivity index (χ0n) is 19.0. The normalized spacial score (nSPS) is 13.6. The van der Waals surface area contributed by atoms with E-state index in [1.54, 1.807) is 5.57 Å². The Hall–Kier alpha value is -1.82. The van der Waals surface area contributed by atoms with E-state index in [4.69, 9.17) is 0 Å². The molecule has 2 aromatic carbocycles. The van der Waals surface area contributed by atoms with Crippen molar-refractivity contribution in [2.24, 2.45) is 5.92 Å².